The Morgan fingerprint density at radius 1 is 1.26 bits per heavy atom. The largest absolute Gasteiger partial charge is 0.314 e. The van der Waals surface area contributed by atoms with Gasteiger partial charge in [-0.1, -0.05) is 6.42 Å². The number of fused-ring (bicyclic) bond motifs is 1. The number of hydrogen-bond acceptors (Lipinski definition) is 5. The van der Waals surface area contributed by atoms with Gasteiger partial charge in [0.05, 0.1) is 18.1 Å². The van der Waals surface area contributed by atoms with Crippen molar-refractivity contribution in [2.24, 2.45) is 0 Å². The first kappa shape index (κ1) is 13.1. The van der Waals surface area contributed by atoms with Crippen molar-refractivity contribution in [1.29, 1.82) is 0 Å². The number of hydrogen-bond donors (Lipinski definition) is 0. The lowest BCUT2D eigenvalue weighted by molar-refractivity contribution is 0.244. The number of nitrogens with zero attached hydrogens (tertiary/aromatic N) is 4. The zero-order valence-corrected chi connectivity index (χ0v) is 12.1. The molecule has 0 atom stereocenters. The summed E-state index contributed by atoms with van der Waals surface area (Å²) < 4.78 is 24.7. The van der Waals surface area contributed by atoms with E-state index in [1.54, 1.807) is 0 Å². The Balaban J connectivity index is 1.68. The molecule has 2 aliphatic rings. The first-order valence-electron chi connectivity index (χ1n) is 6.87. The quantitative estimate of drug-likeness (QED) is 0.795. The van der Waals surface area contributed by atoms with Crippen molar-refractivity contribution in [1.82, 2.24) is 19.7 Å². The molecule has 1 fully saturated rings. The van der Waals surface area contributed by atoms with Crippen LogP contribution in [0.4, 0.5) is 0 Å². The van der Waals surface area contributed by atoms with Crippen molar-refractivity contribution < 1.29 is 8.42 Å². The lowest BCUT2D eigenvalue weighted by Gasteiger charge is -2.33. The highest BCUT2D eigenvalue weighted by molar-refractivity contribution is 7.92. The highest BCUT2D eigenvalue weighted by atomic mass is 32.2. The molecule has 0 spiro atoms. The average molecular weight is 284 g/mol. The molecule has 1 aromatic heterocycles. The first-order valence-corrected chi connectivity index (χ1v) is 8.69. The first-order chi connectivity index (χ1) is 9.05. The Kier molecular flexibility index (Phi) is 3.34. The van der Waals surface area contributed by atoms with Crippen LogP contribution in [0.3, 0.4) is 0 Å². The molecule has 1 aromatic rings. The van der Waals surface area contributed by atoms with Crippen LogP contribution >= 0.6 is 0 Å². The Hall–Kier alpha value is -0.950. The van der Waals surface area contributed by atoms with E-state index in [9.17, 15) is 8.42 Å². The fourth-order valence-electron chi connectivity index (χ4n) is 2.81. The lowest BCUT2D eigenvalue weighted by Crippen LogP contribution is -2.51. The second kappa shape index (κ2) is 4.86. The van der Waals surface area contributed by atoms with Crippen LogP contribution in [0.5, 0.6) is 0 Å². The molecule has 2 aliphatic heterocycles. The molecule has 106 valence electrons. The van der Waals surface area contributed by atoms with Crippen LogP contribution < -0.4 is 0 Å². The highest BCUT2D eigenvalue weighted by Gasteiger charge is 2.36. The monoisotopic (exact) mass is 284 g/mol. The Labute approximate surface area is 113 Å². The van der Waals surface area contributed by atoms with Crippen LogP contribution in [0.1, 0.15) is 30.9 Å². The molecular weight excluding hydrogens is 264 g/mol. The Morgan fingerprint density at radius 3 is 2.79 bits per heavy atom. The minimum absolute atomic E-state index is 0.142. The van der Waals surface area contributed by atoms with Crippen LogP contribution in [0, 0.1) is 0 Å². The maximum atomic E-state index is 11.2. The SMILES string of the molecule is CN(Cc1nnc2n1CCCCC2)C1CS(=O)(=O)C1. The number of sulfone groups is 1. The third-order valence-electron chi connectivity index (χ3n) is 4.09. The summed E-state index contributed by atoms with van der Waals surface area (Å²) >= 11 is 0. The molecule has 3 rings (SSSR count). The molecular formula is C12H20N4O2S. The molecule has 19 heavy (non-hydrogen) atoms. The van der Waals surface area contributed by atoms with Crippen LogP contribution in [0.2, 0.25) is 0 Å². The van der Waals surface area contributed by atoms with Crippen LogP contribution in [0.15, 0.2) is 0 Å². The summed E-state index contributed by atoms with van der Waals surface area (Å²) in [4.78, 5) is 2.09. The second-order valence-corrected chi connectivity index (χ2v) is 7.79. The predicted octanol–water partition coefficient (Wildman–Crippen LogP) is 0.233. The van der Waals surface area contributed by atoms with E-state index in [4.69, 9.17) is 0 Å². The van der Waals surface area contributed by atoms with E-state index in [-0.39, 0.29) is 17.5 Å². The van der Waals surface area contributed by atoms with Gasteiger partial charge in [-0.25, -0.2) is 8.42 Å². The van der Waals surface area contributed by atoms with Gasteiger partial charge >= 0.3 is 0 Å². The van der Waals surface area contributed by atoms with Gasteiger partial charge < -0.3 is 4.57 Å². The smallest absolute Gasteiger partial charge is 0.153 e. The van der Waals surface area contributed by atoms with Crippen molar-refractivity contribution in [3.63, 3.8) is 0 Å². The van der Waals surface area contributed by atoms with E-state index in [1.807, 2.05) is 7.05 Å². The predicted molar refractivity (Wildman–Crippen MR) is 71.5 cm³/mol. The minimum atomic E-state index is -2.76. The topological polar surface area (TPSA) is 68.1 Å². The summed E-state index contributed by atoms with van der Waals surface area (Å²) in [5.74, 6) is 2.63. The lowest BCUT2D eigenvalue weighted by atomic mass is 10.2. The molecule has 0 saturated carbocycles. The third kappa shape index (κ3) is 2.67. The molecule has 7 heteroatoms. The standard InChI is InChI=1S/C12H20N4O2S/c1-15(10-8-19(17,18)9-10)7-12-14-13-11-5-3-2-4-6-16(11)12/h10H,2-9H2,1H3. The van der Waals surface area contributed by atoms with Crippen LogP contribution in [0.25, 0.3) is 0 Å². The number of rotatable bonds is 3. The Morgan fingerprint density at radius 2 is 2.05 bits per heavy atom. The summed E-state index contributed by atoms with van der Waals surface area (Å²) in [6.07, 6.45) is 4.63. The van der Waals surface area contributed by atoms with Gasteiger partial charge in [-0.05, 0) is 19.9 Å². The van der Waals surface area contributed by atoms with Crippen molar-refractivity contribution in [3.8, 4) is 0 Å². The zero-order chi connectivity index (χ0) is 13.5. The molecule has 0 N–H and O–H groups in total. The molecule has 0 amide bonds. The fourth-order valence-corrected chi connectivity index (χ4v) is 4.39. The highest BCUT2D eigenvalue weighted by Crippen LogP contribution is 2.19. The van der Waals surface area contributed by atoms with Gasteiger partial charge in [0.25, 0.3) is 0 Å². The van der Waals surface area contributed by atoms with E-state index in [1.165, 1.54) is 19.3 Å². The van der Waals surface area contributed by atoms with Gasteiger partial charge in [-0.15, -0.1) is 10.2 Å². The van der Waals surface area contributed by atoms with E-state index in [2.05, 4.69) is 19.7 Å². The number of aromatic nitrogens is 3. The van der Waals surface area contributed by atoms with Crippen LogP contribution in [-0.4, -0.2) is 52.7 Å². The molecule has 1 saturated heterocycles. The molecule has 3 heterocycles. The summed E-state index contributed by atoms with van der Waals surface area (Å²) in [5.41, 5.74) is 0. The molecule has 0 aliphatic carbocycles. The minimum Gasteiger partial charge on any atom is -0.314 e. The van der Waals surface area contributed by atoms with E-state index in [0.717, 1.165) is 24.6 Å². The molecule has 6 nitrogen and oxygen atoms in total. The van der Waals surface area contributed by atoms with E-state index in [0.29, 0.717) is 6.54 Å². The summed E-state index contributed by atoms with van der Waals surface area (Å²) in [5, 5.41) is 8.55. The molecule has 0 radical (unpaired) electrons. The van der Waals surface area contributed by atoms with Gasteiger partial charge in [0.1, 0.15) is 11.6 Å². The molecule has 0 aromatic carbocycles. The molecule has 0 unspecified atom stereocenters. The maximum Gasteiger partial charge on any atom is 0.153 e. The van der Waals surface area contributed by atoms with Crippen LogP contribution in [-0.2, 0) is 29.3 Å². The normalized spacial score (nSPS) is 22.8. The average Bonchev–Trinajstić information content (AvgIpc) is 2.57. The van der Waals surface area contributed by atoms with Crippen molar-refractivity contribution in [2.75, 3.05) is 18.6 Å². The summed E-state index contributed by atoms with van der Waals surface area (Å²) in [7, 11) is -0.792. The zero-order valence-electron chi connectivity index (χ0n) is 11.2. The van der Waals surface area contributed by atoms with Gasteiger partial charge in [-0.3, -0.25) is 4.90 Å². The Bertz CT molecular complexity index is 554. The van der Waals surface area contributed by atoms with Gasteiger partial charge in [-0.2, -0.15) is 0 Å². The van der Waals surface area contributed by atoms with Gasteiger partial charge in [0.15, 0.2) is 9.84 Å². The number of aryl methyl sites for hydroxylation is 1. The second-order valence-electron chi connectivity index (χ2n) is 5.64. The van der Waals surface area contributed by atoms with Crippen molar-refractivity contribution in [3.05, 3.63) is 11.6 Å². The summed E-state index contributed by atoms with van der Waals surface area (Å²) in [6, 6.07) is 0.142. The van der Waals surface area contributed by atoms with E-state index < -0.39 is 9.84 Å². The molecule has 0 bridgehead atoms. The third-order valence-corrected chi connectivity index (χ3v) is 5.88. The maximum absolute atomic E-state index is 11.2. The van der Waals surface area contributed by atoms with Crippen molar-refractivity contribution in [2.45, 2.75) is 44.8 Å². The van der Waals surface area contributed by atoms with E-state index >= 15 is 0 Å². The fraction of sp³-hybridized carbons (Fsp3) is 0.833. The summed E-state index contributed by atoms with van der Waals surface area (Å²) in [6.45, 7) is 1.68. The van der Waals surface area contributed by atoms with Crippen molar-refractivity contribution >= 4 is 9.84 Å². The van der Waals surface area contributed by atoms with Gasteiger partial charge in [0.2, 0.25) is 0 Å². The van der Waals surface area contributed by atoms with Gasteiger partial charge in [0, 0.05) is 19.0 Å².